The van der Waals surface area contributed by atoms with E-state index in [1.54, 1.807) is 0 Å². The minimum atomic E-state index is -0.395. The third kappa shape index (κ3) is 4.65. The molecule has 0 saturated carbocycles. The molecule has 7 aromatic rings. The van der Waals surface area contributed by atoms with E-state index in [0.29, 0.717) is 0 Å². The number of hydrogen-bond acceptors (Lipinski definition) is 4. The number of aromatic nitrogens is 2. The van der Waals surface area contributed by atoms with Gasteiger partial charge in [-0.15, -0.1) is 0 Å². The van der Waals surface area contributed by atoms with Gasteiger partial charge in [-0.25, -0.2) is 15.0 Å². The molecule has 44 heavy (non-hydrogen) atoms. The molecule has 5 nitrogen and oxygen atoms in total. The summed E-state index contributed by atoms with van der Waals surface area (Å²) in [7, 11) is 2.08. The number of imidazole rings is 1. The molecule has 5 heteroatoms. The van der Waals surface area contributed by atoms with Gasteiger partial charge in [0.05, 0.1) is 11.0 Å². The third-order valence-corrected chi connectivity index (χ3v) is 8.27. The predicted molar refractivity (Wildman–Crippen MR) is 181 cm³/mol. The average Bonchev–Trinajstić information content (AvgIpc) is 3.44. The molecule has 0 amide bonds. The molecule has 1 aliphatic rings. The number of nitrogens with one attached hydrogen (secondary N) is 1. The van der Waals surface area contributed by atoms with Crippen LogP contribution in [0.5, 0.6) is 0 Å². The summed E-state index contributed by atoms with van der Waals surface area (Å²) < 4.78 is 2.16. The van der Waals surface area contributed by atoms with E-state index in [0.717, 1.165) is 61.9 Å². The molecule has 0 atom stereocenters. The molecule has 0 aliphatic carbocycles. The highest BCUT2D eigenvalue weighted by molar-refractivity contribution is 6.16. The second kappa shape index (κ2) is 10.8. The van der Waals surface area contributed by atoms with Crippen LogP contribution >= 0.6 is 0 Å². The molecule has 6 aromatic carbocycles. The van der Waals surface area contributed by atoms with Crippen molar-refractivity contribution >= 4 is 33.5 Å². The Labute approximate surface area is 255 Å². The van der Waals surface area contributed by atoms with Crippen LogP contribution < -0.4 is 5.32 Å². The van der Waals surface area contributed by atoms with E-state index < -0.39 is 6.17 Å². The van der Waals surface area contributed by atoms with Gasteiger partial charge in [-0.1, -0.05) is 121 Å². The van der Waals surface area contributed by atoms with Crippen LogP contribution in [-0.4, -0.2) is 21.2 Å². The number of rotatable bonds is 5. The van der Waals surface area contributed by atoms with Gasteiger partial charge in [0.25, 0.3) is 0 Å². The maximum absolute atomic E-state index is 5.13. The summed E-state index contributed by atoms with van der Waals surface area (Å²) in [5.74, 6) is 2.59. The van der Waals surface area contributed by atoms with Crippen molar-refractivity contribution in [1.82, 2.24) is 14.9 Å². The number of aliphatic imine (C=N–C) groups is 2. The molecule has 0 spiro atoms. The monoisotopic (exact) mass is 567 g/mol. The van der Waals surface area contributed by atoms with Crippen LogP contribution in [0.3, 0.4) is 0 Å². The first kappa shape index (κ1) is 25.9. The summed E-state index contributed by atoms with van der Waals surface area (Å²) in [4.78, 5) is 15.2. The van der Waals surface area contributed by atoms with E-state index in [-0.39, 0.29) is 0 Å². The van der Waals surface area contributed by atoms with Gasteiger partial charge in [-0.05, 0) is 46.2 Å². The molecule has 0 fully saturated rings. The van der Waals surface area contributed by atoms with E-state index in [2.05, 4.69) is 120 Å². The zero-order chi connectivity index (χ0) is 29.5. The Morgan fingerprint density at radius 2 is 1.11 bits per heavy atom. The standard InChI is InChI=1S/C39H29N5/c1-44-35-19-11-10-18-34(35)40-39(44)31-23-21-28-24-30(22-20-29(28)25-31)32-16-8-9-17-33(32)38-42-36(26-12-4-2-5-13-26)41-37(43-38)27-14-6-3-7-15-27/h2-25,38H,1H3,(H,41,42,43). The van der Waals surface area contributed by atoms with Crippen molar-refractivity contribution in [2.24, 2.45) is 17.0 Å². The smallest absolute Gasteiger partial charge is 0.170 e. The zero-order valence-electron chi connectivity index (χ0n) is 24.2. The Morgan fingerprint density at radius 3 is 1.80 bits per heavy atom. The highest BCUT2D eigenvalue weighted by Gasteiger charge is 2.23. The Bertz CT molecular complexity index is 2160. The lowest BCUT2D eigenvalue weighted by Gasteiger charge is -2.24. The molecule has 1 aliphatic heterocycles. The fraction of sp³-hybridized carbons (Fsp3) is 0.0513. The predicted octanol–water partition coefficient (Wildman–Crippen LogP) is 8.56. The number of aryl methyl sites for hydroxylation is 1. The molecule has 0 bridgehead atoms. The molecule has 1 aromatic heterocycles. The minimum absolute atomic E-state index is 0.395. The van der Waals surface area contributed by atoms with E-state index in [1.165, 1.54) is 10.8 Å². The number of hydrogen-bond donors (Lipinski definition) is 1. The van der Waals surface area contributed by atoms with Crippen LogP contribution in [0.15, 0.2) is 156 Å². The van der Waals surface area contributed by atoms with Gasteiger partial charge >= 0.3 is 0 Å². The van der Waals surface area contributed by atoms with Crippen molar-refractivity contribution in [3.63, 3.8) is 0 Å². The van der Waals surface area contributed by atoms with Crippen LogP contribution in [-0.2, 0) is 7.05 Å². The lowest BCUT2D eigenvalue weighted by molar-refractivity contribution is 0.757. The second-order valence-corrected chi connectivity index (χ2v) is 11.0. The molecular formula is C39H29N5. The highest BCUT2D eigenvalue weighted by atomic mass is 15.2. The summed E-state index contributed by atoms with van der Waals surface area (Å²) in [6, 6.07) is 50.5. The summed E-state index contributed by atoms with van der Waals surface area (Å²) in [5.41, 5.74) is 8.61. The van der Waals surface area contributed by atoms with Crippen molar-refractivity contribution in [1.29, 1.82) is 0 Å². The largest absolute Gasteiger partial charge is 0.327 e. The van der Waals surface area contributed by atoms with Crippen LogP contribution in [0.25, 0.3) is 44.3 Å². The first-order valence-corrected chi connectivity index (χ1v) is 14.8. The van der Waals surface area contributed by atoms with Crippen LogP contribution in [0.1, 0.15) is 22.9 Å². The molecule has 0 radical (unpaired) electrons. The van der Waals surface area contributed by atoms with Crippen molar-refractivity contribution in [3.8, 4) is 22.5 Å². The fourth-order valence-electron chi connectivity index (χ4n) is 6.02. The Morgan fingerprint density at radius 1 is 0.545 bits per heavy atom. The van der Waals surface area contributed by atoms with Gasteiger partial charge in [0.15, 0.2) is 6.17 Å². The molecule has 0 saturated heterocycles. The Balaban J connectivity index is 1.20. The number of benzene rings is 6. The van der Waals surface area contributed by atoms with Crippen molar-refractivity contribution in [3.05, 3.63) is 162 Å². The molecule has 2 heterocycles. The van der Waals surface area contributed by atoms with Crippen molar-refractivity contribution in [2.75, 3.05) is 0 Å². The minimum Gasteiger partial charge on any atom is -0.327 e. The highest BCUT2D eigenvalue weighted by Crippen LogP contribution is 2.35. The topological polar surface area (TPSA) is 54.6 Å². The number of nitrogens with zero attached hydrogens (tertiary/aromatic N) is 4. The average molecular weight is 568 g/mol. The summed E-state index contributed by atoms with van der Waals surface area (Å²) >= 11 is 0. The lowest BCUT2D eigenvalue weighted by atomic mass is 9.95. The third-order valence-electron chi connectivity index (χ3n) is 8.27. The van der Waals surface area contributed by atoms with Crippen molar-refractivity contribution in [2.45, 2.75) is 6.17 Å². The van der Waals surface area contributed by atoms with Gasteiger partial charge in [-0.2, -0.15) is 0 Å². The van der Waals surface area contributed by atoms with Crippen LogP contribution in [0, 0.1) is 0 Å². The molecule has 8 rings (SSSR count). The molecule has 1 N–H and O–H groups in total. The van der Waals surface area contributed by atoms with Gasteiger partial charge < -0.3 is 9.88 Å². The normalized spacial score (nSPS) is 13.5. The van der Waals surface area contributed by atoms with Gasteiger partial charge in [0.2, 0.25) is 0 Å². The quantitative estimate of drug-likeness (QED) is 0.227. The maximum atomic E-state index is 5.13. The van der Waals surface area contributed by atoms with E-state index >= 15 is 0 Å². The summed E-state index contributed by atoms with van der Waals surface area (Å²) in [6.07, 6.45) is -0.395. The Hall–Kier alpha value is -5.81. The van der Waals surface area contributed by atoms with E-state index in [4.69, 9.17) is 15.0 Å². The zero-order valence-corrected chi connectivity index (χ0v) is 24.2. The van der Waals surface area contributed by atoms with E-state index in [9.17, 15) is 0 Å². The van der Waals surface area contributed by atoms with Gasteiger partial charge in [-0.3, -0.25) is 0 Å². The fourth-order valence-corrected chi connectivity index (χ4v) is 6.02. The van der Waals surface area contributed by atoms with Crippen molar-refractivity contribution < 1.29 is 0 Å². The maximum Gasteiger partial charge on any atom is 0.170 e. The molecule has 210 valence electrons. The van der Waals surface area contributed by atoms with Gasteiger partial charge in [0.1, 0.15) is 17.5 Å². The number of amidine groups is 2. The first-order chi connectivity index (χ1) is 21.7. The molecular weight excluding hydrogens is 538 g/mol. The number of para-hydroxylation sites is 2. The van der Waals surface area contributed by atoms with Crippen LogP contribution in [0.2, 0.25) is 0 Å². The van der Waals surface area contributed by atoms with Crippen LogP contribution in [0.4, 0.5) is 0 Å². The lowest BCUT2D eigenvalue weighted by Crippen LogP contribution is -2.36. The SMILES string of the molecule is Cn1c(-c2ccc3cc(-c4ccccc4C4N=C(c5ccccc5)NC(c5ccccc5)=N4)ccc3c2)nc2ccccc21. The summed E-state index contributed by atoms with van der Waals surface area (Å²) in [6.45, 7) is 0. The molecule has 0 unspecified atom stereocenters. The second-order valence-electron chi connectivity index (χ2n) is 11.0. The Kier molecular flexibility index (Phi) is 6.34. The first-order valence-electron chi connectivity index (χ1n) is 14.8. The van der Waals surface area contributed by atoms with Gasteiger partial charge in [0, 0.05) is 29.3 Å². The number of fused-ring (bicyclic) bond motifs is 2. The summed E-state index contributed by atoms with van der Waals surface area (Å²) in [5, 5.41) is 5.84. The van der Waals surface area contributed by atoms with E-state index in [1.807, 2.05) is 42.5 Å².